The fraction of sp³-hybridized carbons (Fsp3) is 1.00. The van der Waals surface area contributed by atoms with Crippen molar-refractivity contribution in [2.75, 3.05) is 26.2 Å². The standard InChI is InChI=1S/C15H30N2O/c1-3-7-16-15-9-13(6-8-18)10-17(11-15)12(2)14-4-5-14/h12-16,18H,3-11H2,1-2H3. The molecule has 1 saturated heterocycles. The first-order chi connectivity index (χ1) is 8.74. The summed E-state index contributed by atoms with van der Waals surface area (Å²) < 4.78 is 0. The largest absolute Gasteiger partial charge is 0.396 e. The summed E-state index contributed by atoms with van der Waals surface area (Å²) in [7, 11) is 0. The van der Waals surface area contributed by atoms with Crippen LogP contribution in [-0.4, -0.2) is 48.3 Å². The summed E-state index contributed by atoms with van der Waals surface area (Å²) in [6, 6.07) is 1.38. The number of likely N-dealkylation sites (tertiary alicyclic amines) is 1. The average Bonchev–Trinajstić information content (AvgIpc) is 3.20. The normalized spacial score (nSPS) is 31.5. The van der Waals surface area contributed by atoms with Crippen LogP contribution >= 0.6 is 0 Å². The predicted octanol–water partition coefficient (Wildman–Crippen LogP) is 1.86. The van der Waals surface area contributed by atoms with E-state index in [-0.39, 0.29) is 0 Å². The third-order valence-corrected chi connectivity index (χ3v) is 4.67. The van der Waals surface area contributed by atoms with Crippen LogP contribution in [0.3, 0.4) is 0 Å². The van der Waals surface area contributed by atoms with Crippen LogP contribution in [0.25, 0.3) is 0 Å². The lowest BCUT2D eigenvalue weighted by Gasteiger charge is -2.41. The molecular weight excluding hydrogens is 224 g/mol. The number of hydrogen-bond donors (Lipinski definition) is 2. The fourth-order valence-electron chi connectivity index (χ4n) is 3.34. The van der Waals surface area contributed by atoms with E-state index in [1.165, 1.54) is 38.8 Å². The average molecular weight is 254 g/mol. The van der Waals surface area contributed by atoms with Crippen molar-refractivity contribution in [1.29, 1.82) is 0 Å². The van der Waals surface area contributed by atoms with Gasteiger partial charge in [0.05, 0.1) is 0 Å². The van der Waals surface area contributed by atoms with Crippen molar-refractivity contribution in [2.45, 2.75) is 58.0 Å². The van der Waals surface area contributed by atoms with Crippen molar-refractivity contribution in [2.24, 2.45) is 11.8 Å². The van der Waals surface area contributed by atoms with E-state index in [9.17, 15) is 5.11 Å². The Kier molecular flexibility index (Phi) is 5.46. The number of nitrogens with zero attached hydrogens (tertiary/aromatic N) is 1. The van der Waals surface area contributed by atoms with Crippen molar-refractivity contribution in [3.8, 4) is 0 Å². The zero-order valence-corrected chi connectivity index (χ0v) is 12.1. The highest BCUT2D eigenvalue weighted by Crippen LogP contribution is 2.36. The number of aliphatic hydroxyl groups is 1. The maximum absolute atomic E-state index is 9.19. The Bertz CT molecular complexity index is 243. The topological polar surface area (TPSA) is 35.5 Å². The molecule has 2 fully saturated rings. The van der Waals surface area contributed by atoms with Crippen LogP contribution in [0, 0.1) is 11.8 Å². The molecule has 0 aromatic heterocycles. The SMILES string of the molecule is CCCNC1CC(CCO)CN(C(C)C2CC2)C1. The number of nitrogens with one attached hydrogen (secondary N) is 1. The van der Waals surface area contributed by atoms with Crippen LogP contribution in [-0.2, 0) is 0 Å². The molecule has 0 aromatic carbocycles. The molecule has 2 rings (SSSR count). The van der Waals surface area contributed by atoms with Gasteiger partial charge in [-0.2, -0.15) is 0 Å². The van der Waals surface area contributed by atoms with Gasteiger partial charge in [0.15, 0.2) is 0 Å². The Morgan fingerprint density at radius 3 is 2.72 bits per heavy atom. The molecule has 0 amide bonds. The third-order valence-electron chi connectivity index (χ3n) is 4.67. The molecule has 0 aromatic rings. The predicted molar refractivity (Wildman–Crippen MR) is 75.7 cm³/mol. The number of aliphatic hydroxyl groups excluding tert-OH is 1. The van der Waals surface area contributed by atoms with E-state index >= 15 is 0 Å². The van der Waals surface area contributed by atoms with Crippen LogP contribution in [0.2, 0.25) is 0 Å². The van der Waals surface area contributed by atoms with Gasteiger partial charge in [0.1, 0.15) is 0 Å². The molecule has 0 spiro atoms. The van der Waals surface area contributed by atoms with Crippen LogP contribution < -0.4 is 5.32 Å². The Hall–Kier alpha value is -0.120. The lowest BCUT2D eigenvalue weighted by Crippen LogP contribution is -2.52. The van der Waals surface area contributed by atoms with E-state index in [1.54, 1.807) is 0 Å². The summed E-state index contributed by atoms with van der Waals surface area (Å²) in [6.45, 7) is 8.50. The van der Waals surface area contributed by atoms with E-state index in [0.29, 0.717) is 18.6 Å². The maximum atomic E-state index is 9.19. The van der Waals surface area contributed by atoms with Crippen molar-refractivity contribution in [3.63, 3.8) is 0 Å². The molecule has 2 aliphatic rings. The van der Waals surface area contributed by atoms with Gasteiger partial charge in [0, 0.05) is 31.8 Å². The summed E-state index contributed by atoms with van der Waals surface area (Å²) in [5.41, 5.74) is 0. The first-order valence-electron chi connectivity index (χ1n) is 7.82. The van der Waals surface area contributed by atoms with Gasteiger partial charge in [-0.3, -0.25) is 4.90 Å². The third kappa shape index (κ3) is 3.94. The van der Waals surface area contributed by atoms with Gasteiger partial charge in [-0.25, -0.2) is 0 Å². The molecule has 1 aliphatic carbocycles. The minimum absolute atomic E-state index is 0.344. The van der Waals surface area contributed by atoms with E-state index in [0.717, 1.165) is 24.9 Å². The van der Waals surface area contributed by atoms with Gasteiger partial charge in [-0.15, -0.1) is 0 Å². The summed E-state index contributed by atoms with van der Waals surface area (Å²) in [4.78, 5) is 2.68. The van der Waals surface area contributed by atoms with Crippen molar-refractivity contribution >= 4 is 0 Å². The highest BCUT2D eigenvalue weighted by atomic mass is 16.3. The molecular formula is C15H30N2O. The molecule has 18 heavy (non-hydrogen) atoms. The zero-order chi connectivity index (χ0) is 13.0. The van der Waals surface area contributed by atoms with Gasteiger partial charge >= 0.3 is 0 Å². The molecule has 106 valence electrons. The number of rotatable bonds is 7. The highest BCUT2D eigenvalue weighted by molar-refractivity contribution is 4.91. The van der Waals surface area contributed by atoms with E-state index in [1.807, 2.05) is 0 Å². The monoisotopic (exact) mass is 254 g/mol. The first-order valence-corrected chi connectivity index (χ1v) is 7.82. The zero-order valence-electron chi connectivity index (χ0n) is 12.1. The minimum Gasteiger partial charge on any atom is -0.396 e. The Morgan fingerprint density at radius 1 is 1.33 bits per heavy atom. The van der Waals surface area contributed by atoms with E-state index in [4.69, 9.17) is 0 Å². The molecule has 3 unspecified atom stereocenters. The second kappa shape index (κ2) is 6.88. The van der Waals surface area contributed by atoms with Gasteiger partial charge in [-0.05, 0) is 57.4 Å². The Morgan fingerprint density at radius 2 is 2.11 bits per heavy atom. The summed E-state index contributed by atoms with van der Waals surface area (Å²) in [5.74, 6) is 1.63. The number of piperidine rings is 1. The maximum Gasteiger partial charge on any atom is 0.0434 e. The first kappa shape index (κ1) is 14.3. The molecule has 3 heteroatoms. The van der Waals surface area contributed by atoms with Gasteiger partial charge in [-0.1, -0.05) is 6.92 Å². The van der Waals surface area contributed by atoms with Crippen LogP contribution in [0.5, 0.6) is 0 Å². The summed E-state index contributed by atoms with van der Waals surface area (Å²) >= 11 is 0. The summed E-state index contributed by atoms with van der Waals surface area (Å²) in [5, 5.41) is 12.9. The van der Waals surface area contributed by atoms with Gasteiger partial charge < -0.3 is 10.4 Å². The lowest BCUT2D eigenvalue weighted by atomic mass is 9.90. The summed E-state index contributed by atoms with van der Waals surface area (Å²) in [6.07, 6.45) is 6.27. The van der Waals surface area contributed by atoms with Crippen molar-refractivity contribution in [1.82, 2.24) is 10.2 Å². The smallest absolute Gasteiger partial charge is 0.0434 e. The lowest BCUT2D eigenvalue weighted by molar-refractivity contribution is 0.0823. The van der Waals surface area contributed by atoms with Crippen molar-refractivity contribution < 1.29 is 5.11 Å². The molecule has 0 bridgehead atoms. The van der Waals surface area contributed by atoms with Gasteiger partial charge in [0.2, 0.25) is 0 Å². The molecule has 3 atom stereocenters. The molecule has 0 radical (unpaired) electrons. The quantitative estimate of drug-likeness (QED) is 0.728. The molecule has 1 heterocycles. The Balaban J connectivity index is 1.87. The molecule has 1 aliphatic heterocycles. The van der Waals surface area contributed by atoms with E-state index < -0.39 is 0 Å². The molecule has 3 nitrogen and oxygen atoms in total. The Labute approximate surface area is 112 Å². The molecule has 2 N–H and O–H groups in total. The van der Waals surface area contributed by atoms with Crippen LogP contribution in [0.1, 0.15) is 46.0 Å². The number of hydrogen-bond acceptors (Lipinski definition) is 3. The fourth-order valence-corrected chi connectivity index (χ4v) is 3.34. The van der Waals surface area contributed by atoms with Crippen molar-refractivity contribution in [3.05, 3.63) is 0 Å². The second-order valence-electron chi connectivity index (χ2n) is 6.30. The highest BCUT2D eigenvalue weighted by Gasteiger charge is 2.36. The molecule has 1 saturated carbocycles. The van der Waals surface area contributed by atoms with Gasteiger partial charge in [0.25, 0.3) is 0 Å². The van der Waals surface area contributed by atoms with Crippen LogP contribution in [0.4, 0.5) is 0 Å². The second-order valence-corrected chi connectivity index (χ2v) is 6.30. The minimum atomic E-state index is 0.344. The van der Waals surface area contributed by atoms with E-state index in [2.05, 4.69) is 24.1 Å². The van der Waals surface area contributed by atoms with Crippen LogP contribution in [0.15, 0.2) is 0 Å².